The normalized spacial score (nSPS) is 15.1. The maximum absolute atomic E-state index is 12.8. The largest absolute Gasteiger partial charge is 0.481 e. The highest BCUT2D eigenvalue weighted by atomic mass is 19.1. The third kappa shape index (κ3) is 5.15. The van der Waals surface area contributed by atoms with E-state index in [-0.39, 0.29) is 18.2 Å². The first-order chi connectivity index (χ1) is 13.2. The second-order valence-corrected chi connectivity index (χ2v) is 7.24. The molecular weight excluding hydrogens is 367 g/mol. The van der Waals surface area contributed by atoms with Gasteiger partial charge in [-0.2, -0.15) is 0 Å². The molecule has 0 bridgehead atoms. The van der Waals surface area contributed by atoms with E-state index in [4.69, 9.17) is 5.11 Å². The Bertz CT molecular complexity index is 765. The van der Waals surface area contributed by atoms with Crippen LogP contribution in [0.3, 0.4) is 0 Å². The zero-order valence-electron chi connectivity index (χ0n) is 16.0. The number of carboxylic acid groups (broad SMARTS) is 1. The van der Waals surface area contributed by atoms with Crippen molar-refractivity contribution in [1.29, 1.82) is 0 Å². The first-order valence-corrected chi connectivity index (χ1v) is 9.23. The molecule has 1 heterocycles. The zero-order valence-corrected chi connectivity index (χ0v) is 16.0. The highest BCUT2D eigenvalue weighted by molar-refractivity contribution is 5.99. The predicted molar refractivity (Wildman–Crippen MR) is 101 cm³/mol. The molecule has 1 aliphatic heterocycles. The Morgan fingerprint density at radius 3 is 2.46 bits per heavy atom. The smallest absolute Gasteiger partial charge is 0.305 e. The van der Waals surface area contributed by atoms with Crippen LogP contribution in [-0.4, -0.2) is 47.9 Å². The van der Waals surface area contributed by atoms with Gasteiger partial charge in [-0.15, -0.1) is 0 Å². The lowest BCUT2D eigenvalue weighted by molar-refractivity contribution is -0.141. The van der Waals surface area contributed by atoms with Gasteiger partial charge >= 0.3 is 5.97 Å². The number of nitrogens with one attached hydrogen (secondary N) is 1. The summed E-state index contributed by atoms with van der Waals surface area (Å²) in [6, 6.07) is 6.11. The summed E-state index contributed by atoms with van der Waals surface area (Å²) >= 11 is 0. The predicted octanol–water partition coefficient (Wildman–Crippen LogP) is 1.74. The molecule has 2 amide bonds. The number of rotatable bonds is 9. The number of carbonyl (C=O) groups is 4. The minimum atomic E-state index is -1.45. The van der Waals surface area contributed by atoms with Crippen LogP contribution < -0.4 is 10.2 Å². The number of alkyl halides is 1. The fourth-order valence-electron chi connectivity index (χ4n) is 3.32. The van der Waals surface area contributed by atoms with Crippen LogP contribution in [0, 0.1) is 11.8 Å². The number of aliphatic carboxylic acids is 1. The van der Waals surface area contributed by atoms with E-state index < -0.39 is 42.7 Å². The van der Waals surface area contributed by atoms with Gasteiger partial charge in [-0.05, 0) is 24.0 Å². The van der Waals surface area contributed by atoms with E-state index >= 15 is 0 Å². The Morgan fingerprint density at radius 1 is 1.18 bits per heavy atom. The number of carboxylic acids is 1. The Kier molecular flexibility index (Phi) is 7.25. The van der Waals surface area contributed by atoms with Crippen LogP contribution in [0.4, 0.5) is 10.1 Å². The van der Waals surface area contributed by atoms with Gasteiger partial charge in [0.1, 0.15) is 12.7 Å². The molecule has 1 unspecified atom stereocenters. The minimum absolute atomic E-state index is 0.0819. The van der Waals surface area contributed by atoms with Crippen molar-refractivity contribution in [2.24, 2.45) is 11.8 Å². The number of anilines is 1. The van der Waals surface area contributed by atoms with E-state index in [1.54, 1.807) is 18.7 Å². The monoisotopic (exact) mass is 392 g/mol. The fourth-order valence-corrected chi connectivity index (χ4v) is 3.32. The lowest BCUT2D eigenvalue weighted by Gasteiger charge is -2.25. The number of benzene rings is 1. The van der Waals surface area contributed by atoms with Crippen LogP contribution in [0.2, 0.25) is 0 Å². The van der Waals surface area contributed by atoms with Gasteiger partial charge in [0.2, 0.25) is 11.8 Å². The van der Waals surface area contributed by atoms with Gasteiger partial charge < -0.3 is 15.3 Å². The summed E-state index contributed by atoms with van der Waals surface area (Å²) in [4.78, 5) is 49.6. The Balaban J connectivity index is 2.10. The Hall–Kier alpha value is -2.77. The average molecular weight is 392 g/mol. The molecule has 0 radical (unpaired) electrons. The fraction of sp³-hybridized carbons (Fsp3) is 0.500. The van der Waals surface area contributed by atoms with Gasteiger partial charge in [0.05, 0.1) is 6.42 Å². The lowest BCUT2D eigenvalue weighted by atomic mass is 9.90. The number of para-hydroxylation sites is 1. The maximum Gasteiger partial charge on any atom is 0.305 e. The SMILES string of the molecule is CC(C)[C@H](CC(=O)N1CCc2ccccc21)C(=O)NC(CC(=O)O)C(=O)CF. The van der Waals surface area contributed by atoms with Crippen LogP contribution in [0.15, 0.2) is 24.3 Å². The van der Waals surface area contributed by atoms with Crippen LogP contribution >= 0.6 is 0 Å². The van der Waals surface area contributed by atoms with E-state index in [9.17, 15) is 23.6 Å². The van der Waals surface area contributed by atoms with E-state index in [0.29, 0.717) is 6.54 Å². The molecule has 1 aliphatic rings. The quantitative estimate of drug-likeness (QED) is 0.666. The molecule has 0 fully saturated rings. The van der Waals surface area contributed by atoms with E-state index in [0.717, 1.165) is 17.7 Å². The minimum Gasteiger partial charge on any atom is -0.481 e. The van der Waals surface area contributed by atoms with Crippen LogP contribution in [0.25, 0.3) is 0 Å². The summed E-state index contributed by atoms with van der Waals surface area (Å²) in [6.45, 7) is 2.69. The molecule has 2 atom stereocenters. The first kappa shape index (κ1) is 21.5. The molecule has 152 valence electrons. The van der Waals surface area contributed by atoms with Gasteiger partial charge in [0, 0.05) is 24.6 Å². The number of halogens is 1. The van der Waals surface area contributed by atoms with E-state index in [2.05, 4.69) is 5.32 Å². The Morgan fingerprint density at radius 2 is 1.86 bits per heavy atom. The van der Waals surface area contributed by atoms with Crippen LogP contribution in [0.1, 0.15) is 32.3 Å². The number of amides is 2. The summed E-state index contributed by atoms with van der Waals surface area (Å²) in [6.07, 6.45) is -0.0413. The van der Waals surface area contributed by atoms with Gasteiger partial charge in [-0.3, -0.25) is 19.2 Å². The Labute approximate surface area is 162 Å². The molecule has 1 aromatic rings. The van der Waals surface area contributed by atoms with Crippen molar-refractivity contribution in [2.45, 2.75) is 39.2 Å². The van der Waals surface area contributed by atoms with Crippen molar-refractivity contribution in [2.75, 3.05) is 18.1 Å². The summed E-state index contributed by atoms with van der Waals surface area (Å²) in [5.41, 5.74) is 1.89. The summed E-state index contributed by atoms with van der Waals surface area (Å²) in [5.74, 6) is -4.15. The lowest BCUT2D eigenvalue weighted by Crippen LogP contribution is -2.47. The van der Waals surface area contributed by atoms with Gasteiger partial charge in [-0.25, -0.2) is 4.39 Å². The average Bonchev–Trinajstić information content (AvgIpc) is 3.08. The molecule has 0 saturated heterocycles. The number of carbonyl (C=O) groups excluding carboxylic acids is 3. The topological polar surface area (TPSA) is 104 Å². The number of hydrogen-bond donors (Lipinski definition) is 2. The first-order valence-electron chi connectivity index (χ1n) is 9.23. The summed E-state index contributed by atoms with van der Waals surface area (Å²) < 4.78 is 12.7. The van der Waals surface area contributed by atoms with Crippen molar-refractivity contribution in [3.8, 4) is 0 Å². The molecule has 2 rings (SSSR count). The van der Waals surface area contributed by atoms with Crippen molar-refractivity contribution in [3.63, 3.8) is 0 Å². The molecular formula is C20H25FN2O5. The van der Waals surface area contributed by atoms with Crippen LogP contribution in [0.5, 0.6) is 0 Å². The molecule has 0 aromatic heterocycles. The standard InChI is InChI=1S/C20H25FN2O5/c1-12(2)14(20(28)22-15(10-19(26)27)17(24)11-21)9-18(25)23-8-7-13-5-3-4-6-16(13)23/h3-6,12,14-15H,7-11H2,1-2H3,(H,22,28)(H,26,27)/t14-,15?/m0/s1. The highest BCUT2D eigenvalue weighted by Crippen LogP contribution is 2.29. The van der Waals surface area contributed by atoms with E-state index in [1.807, 2.05) is 24.3 Å². The molecule has 2 N–H and O–H groups in total. The molecule has 0 spiro atoms. The molecule has 0 saturated carbocycles. The third-order valence-electron chi connectivity index (χ3n) is 4.94. The number of fused-ring (bicyclic) bond motifs is 1. The van der Waals surface area contributed by atoms with E-state index in [1.165, 1.54) is 0 Å². The maximum atomic E-state index is 12.8. The van der Waals surface area contributed by atoms with Crippen molar-refractivity contribution in [1.82, 2.24) is 5.32 Å². The summed E-state index contributed by atoms with van der Waals surface area (Å²) in [7, 11) is 0. The van der Waals surface area contributed by atoms with Crippen molar-refractivity contribution < 1.29 is 28.7 Å². The van der Waals surface area contributed by atoms with Crippen molar-refractivity contribution in [3.05, 3.63) is 29.8 Å². The molecule has 28 heavy (non-hydrogen) atoms. The second-order valence-electron chi connectivity index (χ2n) is 7.24. The van der Waals surface area contributed by atoms with Crippen LogP contribution in [-0.2, 0) is 25.6 Å². The van der Waals surface area contributed by atoms with Gasteiger partial charge in [0.15, 0.2) is 5.78 Å². The number of ketones is 1. The second kappa shape index (κ2) is 9.43. The van der Waals surface area contributed by atoms with Gasteiger partial charge in [-0.1, -0.05) is 32.0 Å². The number of Topliss-reactive ketones (excluding diaryl/α,β-unsaturated/α-hetero) is 1. The van der Waals surface area contributed by atoms with Crippen molar-refractivity contribution >= 4 is 29.3 Å². The molecule has 0 aliphatic carbocycles. The highest BCUT2D eigenvalue weighted by Gasteiger charge is 2.33. The molecule has 8 heteroatoms. The van der Waals surface area contributed by atoms with Gasteiger partial charge in [0.25, 0.3) is 0 Å². The number of nitrogens with zero attached hydrogens (tertiary/aromatic N) is 1. The third-order valence-corrected chi connectivity index (χ3v) is 4.94. The molecule has 1 aromatic carbocycles. The molecule has 7 nitrogen and oxygen atoms in total. The number of hydrogen-bond acceptors (Lipinski definition) is 4. The summed E-state index contributed by atoms with van der Waals surface area (Å²) in [5, 5.41) is 11.2. The zero-order chi connectivity index (χ0) is 20.8.